The van der Waals surface area contributed by atoms with E-state index in [1.807, 2.05) is 13.8 Å². The van der Waals surface area contributed by atoms with Gasteiger partial charge in [0, 0.05) is 12.2 Å². The molecule has 5 nitrogen and oxygen atoms in total. The van der Waals surface area contributed by atoms with Crippen molar-refractivity contribution in [1.29, 1.82) is 0 Å². The molecule has 0 radical (unpaired) electrons. The van der Waals surface area contributed by atoms with Crippen LogP contribution < -0.4 is 10.6 Å². The monoisotopic (exact) mass is 268 g/mol. The quantitative estimate of drug-likeness (QED) is 0.768. The topological polar surface area (TPSA) is 78.4 Å². The summed E-state index contributed by atoms with van der Waals surface area (Å²) in [6.45, 7) is 4.61. The summed E-state index contributed by atoms with van der Waals surface area (Å²) >= 11 is 0. The zero-order chi connectivity index (χ0) is 14.4. The Morgan fingerprint density at radius 3 is 2.63 bits per heavy atom. The summed E-state index contributed by atoms with van der Waals surface area (Å²) in [6.07, 6.45) is 0.844. The molecule has 0 aliphatic heterocycles. The summed E-state index contributed by atoms with van der Waals surface area (Å²) < 4.78 is 13.1. The van der Waals surface area contributed by atoms with Crippen LogP contribution in [-0.2, 0) is 0 Å². The van der Waals surface area contributed by atoms with Crippen LogP contribution in [0.15, 0.2) is 18.2 Å². The van der Waals surface area contributed by atoms with E-state index in [4.69, 9.17) is 5.11 Å². The predicted molar refractivity (Wildman–Crippen MR) is 69.8 cm³/mol. The van der Waals surface area contributed by atoms with Gasteiger partial charge in [-0.1, -0.05) is 13.8 Å². The first-order valence-electron chi connectivity index (χ1n) is 5.98. The highest BCUT2D eigenvalue weighted by molar-refractivity contribution is 5.93. The molecule has 1 aromatic rings. The summed E-state index contributed by atoms with van der Waals surface area (Å²) in [5.74, 6) is -1.73. The SMILES string of the molecule is CC(C)CCNC(=O)Nc1ccc(F)c(C(=O)O)c1. The maximum Gasteiger partial charge on any atom is 0.338 e. The van der Waals surface area contributed by atoms with Gasteiger partial charge in [-0.3, -0.25) is 0 Å². The third-order valence-electron chi connectivity index (χ3n) is 2.46. The fraction of sp³-hybridized carbons (Fsp3) is 0.385. The molecule has 6 heteroatoms. The van der Waals surface area contributed by atoms with Gasteiger partial charge in [-0.15, -0.1) is 0 Å². The first kappa shape index (κ1) is 14.9. The standard InChI is InChI=1S/C13H17FN2O3/c1-8(2)5-6-15-13(19)16-9-3-4-11(14)10(7-9)12(17)18/h3-4,7-8H,5-6H2,1-2H3,(H,17,18)(H2,15,16,19). The van der Waals surface area contributed by atoms with Gasteiger partial charge in [0.1, 0.15) is 5.82 Å². The second kappa shape index (κ2) is 6.72. The van der Waals surface area contributed by atoms with Crippen molar-refractivity contribution >= 4 is 17.7 Å². The Balaban J connectivity index is 2.60. The lowest BCUT2D eigenvalue weighted by Crippen LogP contribution is -2.30. The molecule has 104 valence electrons. The summed E-state index contributed by atoms with van der Waals surface area (Å²) in [5, 5.41) is 13.9. The van der Waals surface area contributed by atoms with Gasteiger partial charge in [0.2, 0.25) is 0 Å². The van der Waals surface area contributed by atoms with Gasteiger partial charge >= 0.3 is 12.0 Å². The number of amides is 2. The van der Waals surface area contributed by atoms with E-state index in [9.17, 15) is 14.0 Å². The fourth-order valence-electron chi connectivity index (χ4n) is 1.42. The van der Waals surface area contributed by atoms with E-state index in [1.165, 1.54) is 6.07 Å². The highest BCUT2D eigenvalue weighted by Crippen LogP contribution is 2.14. The number of benzene rings is 1. The normalized spacial score (nSPS) is 10.3. The molecular weight excluding hydrogens is 251 g/mol. The number of aromatic carboxylic acids is 1. The van der Waals surface area contributed by atoms with E-state index in [2.05, 4.69) is 10.6 Å². The van der Waals surface area contributed by atoms with Crippen molar-refractivity contribution in [2.45, 2.75) is 20.3 Å². The van der Waals surface area contributed by atoms with Crippen molar-refractivity contribution in [3.05, 3.63) is 29.6 Å². The Hall–Kier alpha value is -2.11. The second-order valence-corrected chi connectivity index (χ2v) is 4.56. The minimum absolute atomic E-state index is 0.237. The molecule has 0 fully saturated rings. The zero-order valence-electron chi connectivity index (χ0n) is 10.9. The number of urea groups is 1. The van der Waals surface area contributed by atoms with E-state index in [0.29, 0.717) is 12.5 Å². The van der Waals surface area contributed by atoms with Crippen molar-refractivity contribution in [2.75, 3.05) is 11.9 Å². The number of rotatable bonds is 5. The molecule has 0 saturated heterocycles. The van der Waals surface area contributed by atoms with Crippen LogP contribution in [0.5, 0.6) is 0 Å². The van der Waals surface area contributed by atoms with E-state index < -0.39 is 23.4 Å². The lowest BCUT2D eigenvalue weighted by molar-refractivity contribution is 0.0692. The number of carbonyl (C=O) groups is 2. The molecule has 0 spiro atoms. The highest BCUT2D eigenvalue weighted by Gasteiger charge is 2.11. The minimum atomic E-state index is -1.37. The maximum atomic E-state index is 13.1. The molecule has 1 rings (SSSR count). The first-order valence-corrected chi connectivity index (χ1v) is 5.98. The summed E-state index contributed by atoms with van der Waals surface area (Å²) in [7, 11) is 0. The molecule has 0 aromatic heterocycles. The number of carboxylic acids is 1. The number of hydrogen-bond acceptors (Lipinski definition) is 2. The van der Waals surface area contributed by atoms with Crippen molar-refractivity contribution in [2.24, 2.45) is 5.92 Å². The van der Waals surface area contributed by atoms with Gasteiger partial charge in [-0.2, -0.15) is 0 Å². The molecule has 2 amide bonds. The van der Waals surface area contributed by atoms with Gasteiger partial charge in [-0.05, 0) is 30.5 Å². The number of carbonyl (C=O) groups excluding carboxylic acids is 1. The van der Waals surface area contributed by atoms with Crippen LogP contribution in [0, 0.1) is 11.7 Å². The van der Waals surface area contributed by atoms with Crippen molar-refractivity contribution in [3.63, 3.8) is 0 Å². The van der Waals surface area contributed by atoms with Crippen LogP contribution in [0.2, 0.25) is 0 Å². The molecule has 0 aliphatic carbocycles. The van der Waals surface area contributed by atoms with Gasteiger partial charge in [0.25, 0.3) is 0 Å². The Morgan fingerprint density at radius 1 is 1.37 bits per heavy atom. The largest absolute Gasteiger partial charge is 0.478 e. The number of nitrogens with one attached hydrogen (secondary N) is 2. The third kappa shape index (κ3) is 4.95. The molecule has 0 aliphatic rings. The molecule has 0 atom stereocenters. The molecule has 3 N–H and O–H groups in total. The van der Waals surface area contributed by atoms with E-state index in [0.717, 1.165) is 18.6 Å². The molecule has 0 heterocycles. The lowest BCUT2D eigenvalue weighted by Gasteiger charge is -2.09. The van der Waals surface area contributed by atoms with Crippen molar-refractivity contribution in [3.8, 4) is 0 Å². The first-order chi connectivity index (χ1) is 8.90. The molecular formula is C13H17FN2O3. The minimum Gasteiger partial charge on any atom is -0.478 e. The molecule has 0 bridgehead atoms. The van der Waals surface area contributed by atoms with E-state index in [1.54, 1.807) is 0 Å². The van der Waals surface area contributed by atoms with Crippen LogP contribution in [0.25, 0.3) is 0 Å². The Kier molecular flexibility index (Phi) is 5.29. The molecule has 0 unspecified atom stereocenters. The van der Waals surface area contributed by atoms with E-state index in [-0.39, 0.29) is 5.69 Å². The van der Waals surface area contributed by atoms with Crippen LogP contribution in [0.4, 0.5) is 14.9 Å². The average molecular weight is 268 g/mol. The number of anilines is 1. The number of carboxylic acid groups (broad SMARTS) is 1. The van der Waals surface area contributed by atoms with Gasteiger partial charge < -0.3 is 15.7 Å². The Morgan fingerprint density at radius 2 is 2.05 bits per heavy atom. The van der Waals surface area contributed by atoms with Gasteiger partial charge in [0.05, 0.1) is 5.56 Å². The van der Waals surface area contributed by atoms with Crippen LogP contribution >= 0.6 is 0 Å². The third-order valence-corrected chi connectivity index (χ3v) is 2.46. The Bertz CT molecular complexity index is 475. The zero-order valence-corrected chi connectivity index (χ0v) is 10.9. The highest BCUT2D eigenvalue weighted by atomic mass is 19.1. The number of halogens is 1. The van der Waals surface area contributed by atoms with Crippen LogP contribution in [0.3, 0.4) is 0 Å². The van der Waals surface area contributed by atoms with E-state index >= 15 is 0 Å². The molecule has 0 saturated carbocycles. The maximum absolute atomic E-state index is 13.1. The second-order valence-electron chi connectivity index (χ2n) is 4.56. The smallest absolute Gasteiger partial charge is 0.338 e. The van der Waals surface area contributed by atoms with Crippen LogP contribution in [0.1, 0.15) is 30.6 Å². The fourth-order valence-corrected chi connectivity index (χ4v) is 1.42. The molecule has 1 aromatic carbocycles. The molecule has 19 heavy (non-hydrogen) atoms. The summed E-state index contributed by atoms with van der Waals surface area (Å²) in [6, 6.07) is 2.96. The van der Waals surface area contributed by atoms with Gasteiger partial charge in [-0.25, -0.2) is 14.0 Å². The van der Waals surface area contributed by atoms with Gasteiger partial charge in [0.15, 0.2) is 0 Å². The van der Waals surface area contributed by atoms with Crippen molar-refractivity contribution in [1.82, 2.24) is 5.32 Å². The number of hydrogen-bond donors (Lipinski definition) is 3. The summed E-state index contributed by atoms with van der Waals surface area (Å²) in [4.78, 5) is 22.2. The van der Waals surface area contributed by atoms with Crippen LogP contribution in [-0.4, -0.2) is 23.7 Å². The van der Waals surface area contributed by atoms with Crippen molar-refractivity contribution < 1.29 is 19.1 Å². The lowest BCUT2D eigenvalue weighted by atomic mass is 10.1. The predicted octanol–water partition coefficient (Wildman–Crippen LogP) is 2.69. The summed E-state index contributed by atoms with van der Waals surface area (Å²) in [5.41, 5.74) is -0.235. The average Bonchev–Trinajstić information content (AvgIpc) is 2.30. The Labute approximate surface area is 110 Å².